The van der Waals surface area contributed by atoms with Crippen LogP contribution in [-0.4, -0.2) is 45.9 Å². The minimum absolute atomic E-state index is 0.00481. The molecule has 130 valence electrons. The Balaban J connectivity index is 1.90. The van der Waals surface area contributed by atoms with Crippen molar-refractivity contribution < 1.29 is 9.59 Å². The van der Waals surface area contributed by atoms with Gasteiger partial charge in [-0.3, -0.25) is 9.59 Å². The lowest BCUT2D eigenvalue weighted by Gasteiger charge is -2.33. The van der Waals surface area contributed by atoms with Gasteiger partial charge in [0, 0.05) is 25.3 Å². The first-order valence-electron chi connectivity index (χ1n) is 8.13. The molecule has 8 nitrogen and oxygen atoms in total. The molecular formula is C17H20N6O2. The fourth-order valence-corrected chi connectivity index (χ4v) is 3.14. The largest absolute Gasteiger partial charge is 0.365 e. The number of carbonyl (C=O) groups is 2. The zero-order valence-electron chi connectivity index (χ0n) is 14.2. The number of carbonyl (C=O) groups excluding carboxylic acids is 2. The first kappa shape index (κ1) is 16.8. The Morgan fingerprint density at radius 3 is 3.00 bits per heavy atom. The molecule has 0 unspecified atom stereocenters. The Labute approximate surface area is 145 Å². The topological polar surface area (TPSA) is 117 Å². The number of fused-ring (bicyclic) bond motifs is 1. The van der Waals surface area contributed by atoms with Gasteiger partial charge in [-0.05, 0) is 32.6 Å². The number of hydrogen-bond acceptors (Lipinski definition) is 5. The second-order valence-corrected chi connectivity index (χ2v) is 6.04. The lowest BCUT2D eigenvalue weighted by Crippen LogP contribution is -2.47. The summed E-state index contributed by atoms with van der Waals surface area (Å²) in [6, 6.07) is -0.00481. The second-order valence-electron chi connectivity index (χ2n) is 6.04. The second kappa shape index (κ2) is 6.81. The number of primary amides is 1. The quantitative estimate of drug-likeness (QED) is 0.702. The molecule has 0 radical (unpaired) electrons. The summed E-state index contributed by atoms with van der Waals surface area (Å²) < 4.78 is 0. The number of anilines is 1. The number of nitrogens with one attached hydrogen (secondary N) is 2. The van der Waals surface area contributed by atoms with Crippen molar-refractivity contribution >= 4 is 28.7 Å². The van der Waals surface area contributed by atoms with Gasteiger partial charge >= 0.3 is 0 Å². The molecule has 25 heavy (non-hydrogen) atoms. The number of aromatic nitrogens is 3. The van der Waals surface area contributed by atoms with E-state index in [0.717, 1.165) is 19.4 Å². The van der Waals surface area contributed by atoms with Crippen LogP contribution in [0, 0.1) is 18.8 Å². The van der Waals surface area contributed by atoms with E-state index in [-0.39, 0.29) is 11.9 Å². The Hall–Kier alpha value is -3.08. The maximum atomic E-state index is 11.7. The fraction of sp³-hybridized carbons (Fsp3) is 0.412. The smallest absolute Gasteiger partial charge is 0.296 e. The number of imidazole rings is 1. The highest BCUT2D eigenvalue weighted by Crippen LogP contribution is 2.27. The summed E-state index contributed by atoms with van der Waals surface area (Å²) in [6.45, 7) is 4.86. The van der Waals surface area contributed by atoms with Crippen molar-refractivity contribution in [3.05, 3.63) is 17.6 Å². The molecule has 2 aromatic rings. The number of hydrogen-bond donors (Lipinski definition) is 3. The molecule has 1 saturated heterocycles. The fourth-order valence-electron chi connectivity index (χ4n) is 3.14. The lowest BCUT2D eigenvalue weighted by molar-refractivity contribution is -0.116. The van der Waals surface area contributed by atoms with E-state index in [1.54, 1.807) is 6.92 Å². The highest BCUT2D eigenvalue weighted by atomic mass is 16.1. The number of rotatable bonds is 3. The van der Waals surface area contributed by atoms with Crippen LogP contribution in [0.4, 0.5) is 5.82 Å². The van der Waals surface area contributed by atoms with Crippen molar-refractivity contribution in [2.45, 2.75) is 32.7 Å². The van der Waals surface area contributed by atoms with Gasteiger partial charge < -0.3 is 20.9 Å². The van der Waals surface area contributed by atoms with E-state index < -0.39 is 5.91 Å². The molecule has 1 aliphatic rings. The van der Waals surface area contributed by atoms with Gasteiger partial charge in [-0.1, -0.05) is 5.92 Å². The summed E-state index contributed by atoms with van der Waals surface area (Å²) in [5.41, 5.74) is 6.96. The highest BCUT2D eigenvalue weighted by molar-refractivity contribution is 6.06. The molecule has 1 atom stereocenters. The molecule has 3 rings (SSSR count). The van der Waals surface area contributed by atoms with Crippen molar-refractivity contribution in [1.29, 1.82) is 0 Å². The van der Waals surface area contributed by atoms with Gasteiger partial charge in [0.2, 0.25) is 0 Å². The summed E-state index contributed by atoms with van der Waals surface area (Å²) in [5, 5.41) is 2.92. The Kier molecular flexibility index (Phi) is 4.57. The van der Waals surface area contributed by atoms with Crippen molar-refractivity contribution in [3.8, 4) is 11.8 Å². The third kappa shape index (κ3) is 3.40. The summed E-state index contributed by atoms with van der Waals surface area (Å²) in [5.74, 6) is 5.65. The maximum absolute atomic E-state index is 11.7. The van der Waals surface area contributed by atoms with Crippen molar-refractivity contribution in [2.24, 2.45) is 5.73 Å². The van der Waals surface area contributed by atoms with E-state index in [2.05, 4.69) is 37.0 Å². The van der Waals surface area contributed by atoms with Gasteiger partial charge in [-0.2, -0.15) is 0 Å². The predicted octanol–water partition coefficient (Wildman–Crippen LogP) is 0.474. The third-order valence-corrected chi connectivity index (χ3v) is 4.18. The number of aromatic amines is 1. The van der Waals surface area contributed by atoms with Gasteiger partial charge in [-0.15, -0.1) is 0 Å². The van der Waals surface area contributed by atoms with Crippen LogP contribution in [0.3, 0.4) is 0 Å². The molecule has 3 heterocycles. The van der Waals surface area contributed by atoms with Crippen molar-refractivity contribution in [3.63, 3.8) is 0 Å². The van der Waals surface area contributed by atoms with Crippen LogP contribution in [0.15, 0.2) is 6.20 Å². The minimum Gasteiger partial charge on any atom is -0.365 e. The number of nitrogens with two attached hydrogens (primary N) is 1. The highest BCUT2D eigenvalue weighted by Gasteiger charge is 2.25. The molecule has 0 aliphatic carbocycles. The van der Waals surface area contributed by atoms with Crippen LogP contribution in [0.5, 0.6) is 0 Å². The van der Waals surface area contributed by atoms with Gasteiger partial charge in [0.15, 0.2) is 5.82 Å². The Morgan fingerprint density at radius 1 is 1.48 bits per heavy atom. The molecule has 8 heteroatoms. The van der Waals surface area contributed by atoms with E-state index >= 15 is 0 Å². The number of aryl methyl sites for hydroxylation is 1. The Bertz CT molecular complexity index is 892. The molecule has 4 N–H and O–H groups in total. The molecule has 2 amide bonds. The third-order valence-electron chi connectivity index (χ3n) is 4.18. The average Bonchev–Trinajstić information content (AvgIpc) is 2.95. The first-order valence-corrected chi connectivity index (χ1v) is 8.13. The summed E-state index contributed by atoms with van der Waals surface area (Å²) in [7, 11) is 0. The lowest BCUT2D eigenvalue weighted by atomic mass is 10.1. The number of H-pyrrole nitrogens is 1. The van der Waals surface area contributed by atoms with E-state index in [1.807, 2.05) is 6.92 Å². The monoisotopic (exact) mass is 340 g/mol. The van der Waals surface area contributed by atoms with Gasteiger partial charge in [0.25, 0.3) is 11.8 Å². The van der Waals surface area contributed by atoms with Gasteiger partial charge in [-0.25, -0.2) is 9.97 Å². The molecule has 0 aromatic carbocycles. The standard InChI is InChI=1S/C17H20N6O2/c1-3-5-13(24)22-11-6-4-7-23(9-11)17-15-14(20-10(2)21-15)12(8-19-17)16(18)25/h8,11H,4,6-7,9H2,1-2H3,(H2,18,25)(H,20,21)(H,22,24)/t11-/m0/s1. The molecule has 1 aliphatic heterocycles. The normalized spacial score (nSPS) is 17.0. The van der Waals surface area contributed by atoms with Crippen molar-refractivity contribution in [2.75, 3.05) is 18.0 Å². The van der Waals surface area contributed by atoms with E-state index in [0.29, 0.717) is 34.8 Å². The molecule has 2 aromatic heterocycles. The molecule has 0 spiro atoms. The van der Waals surface area contributed by atoms with Crippen LogP contribution >= 0.6 is 0 Å². The Morgan fingerprint density at radius 2 is 2.28 bits per heavy atom. The van der Waals surface area contributed by atoms with Crippen LogP contribution in [0.25, 0.3) is 11.0 Å². The maximum Gasteiger partial charge on any atom is 0.296 e. The SMILES string of the molecule is CC#CC(=O)N[C@H]1CCCN(c2ncc(C(N)=O)c3[nH]c(C)nc23)C1. The number of piperidine rings is 1. The predicted molar refractivity (Wildman–Crippen MR) is 94.0 cm³/mol. The van der Waals surface area contributed by atoms with Crippen molar-refractivity contribution in [1.82, 2.24) is 20.3 Å². The van der Waals surface area contributed by atoms with E-state index in [4.69, 9.17) is 5.73 Å². The molecule has 0 saturated carbocycles. The molecule has 0 bridgehead atoms. The van der Waals surface area contributed by atoms with Gasteiger partial charge in [0.05, 0.1) is 11.1 Å². The minimum atomic E-state index is -0.547. The number of pyridine rings is 1. The molecular weight excluding hydrogens is 320 g/mol. The van der Waals surface area contributed by atoms with Crippen LogP contribution in [0.1, 0.15) is 35.9 Å². The average molecular weight is 340 g/mol. The summed E-state index contributed by atoms with van der Waals surface area (Å²) in [6.07, 6.45) is 3.27. The zero-order valence-corrected chi connectivity index (χ0v) is 14.2. The van der Waals surface area contributed by atoms with Crippen LogP contribution < -0.4 is 16.0 Å². The zero-order chi connectivity index (χ0) is 18.0. The van der Waals surface area contributed by atoms with E-state index in [1.165, 1.54) is 6.20 Å². The van der Waals surface area contributed by atoms with E-state index in [9.17, 15) is 9.59 Å². The summed E-state index contributed by atoms with van der Waals surface area (Å²) in [4.78, 5) is 37.3. The first-order chi connectivity index (χ1) is 12.0. The molecule has 1 fully saturated rings. The van der Waals surface area contributed by atoms with Crippen LogP contribution in [0.2, 0.25) is 0 Å². The number of nitrogens with zero attached hydrogens (tertiary/aromatic N) is 3. The van der Waals surface area contributed by atoms with Gasteiger partial charge in [0.1, 0.15) is 11.3 Å². The van der Waals surface area contributed by atoms with Crippen LogP contribution in [-0.2, 0) is 4.79 Å². The number of amides is 2. The summed E-state index contributed by atoms with van der Waals surface area (Å²) >= 11 is 0.